The van der Waals surface area contributed by atoms with Crippen LogP contribution in [0.3, 0.4) is 0 Å². The lowest BCUT2D eigenvalue weighted by Gasteiger charge is -2.26. The predicted octanol–water partition coefficient (Wildman–Crippen LogP) is 2.67. The van der Waals surface area contributed by atoms with E-state index in [1.807, 2.05) is 22.6 Å². The largest absolute Gasteiger partial charge is 0.504 e. The summed E-state index contributed by atoms with van der Waals surface area (Å²) in [5, 5.41) is 12.1. The predicted molar refractivity (Wildman–Crippen MR) is 103 cm³/mol. The van der Waals surface area contributed by atoms with E-state index in [-0.39, 0.29) is 17.1 Å². The number of amides is 4. The van der Waals surface area contributed by atoms with Crippen LogP contribution in [0.2, 0.25) is 0 Å². The zero-order valence-corrected chi connectivity index (χ0v) is 15.7. The molecule has 0 atom stereocenters. The number of urea groups is 1. The van der Waals surface area contributed by atoms with Crippen LogP contribution in [0.15, 0.2) is 48.0 Å². The maximum absolute atomic E-state index is 12.8. The number of imide groups is 2. The summed E-state index contributed by atoms with van der Waals surface area (Å²) >= 11 is 1.91. The Bertz CT molecular complexity index is 940. The smallest absolute Gasteiger partial charge is 0.335 e. The number of nitrogens with one attached hydrogen (secondary N) is 1. The Labute approximate surface area is 162 Å². The Hall–Kier alpha value is -2.88. The molecule has 132 valence electrons. The van der Waals surface area contributed by atoms with E-state index in [2.05, 4.69) is 5.32 Å². The van der Waals surface area contributed by atoms with Gasteiger partial charge < -0.3 is 9.84 Å². The fraction of sp³-hybridized carbons (Fsp3) is 0.0556. The number of aromatic hydroxyl groups is 1. The molecule has 7 nitrogen and oxygen atoms in total. The van der Waals surface area contributed by atoms with Crippen molar-refractivity contribution in [1.29, 1.82) is 0 Å². The zero-order chi connectivity index (χ0) is 18.8. The number of methoxy groups -OCH3 is 1. The summed E-state index contributed by atoms with van der Waals surface area (Å²) in [6.07, 6.45) is 1.35. The molecule has 1 heterocycles. The number of anilines is 1. The molecule has 2 N–H and O–H groups in total. The minimum Gasteiger partial charge on any atom is -0.504 e. The second-order valence-corrected chi connectivity index (χ2v) is 6.51. The molecule has 0 unspecified atom stereocenters. The number of hydrogen-bond acceptors (Lipinski definition) is 5. The lowest BCUT2D eigenvalue weighted by molar-refractivity contribution is -0.122. The van der Waals surface area contributed by atoms with Crippen LogP contribution >= 0.6 is 22.6 Å². The lowest BCUT2D eigenvalue weighted by Crippen LogP contribution is -2.54. The number of para-hydroxylation sites is 1. The van der Waals surface area contributed by atoms with Crippen LogP contribution in [0.4, 0.5) is 10.5 Å². The van der Waals surface area contributed by atoms with Gasteiger partial charge in [-0.3, -0.25) is 14.9 Å². The molecule has 0 radical (unpaired) electrons. The number of rotatable bonds is 3. The first-order valence-electron chi connectivity index (χ1n) is 7.45. The molecule has 4 amide bonds. The molecule has 3 rings (SSSR count). The summed E-state index contributed by atoms with van der Waals surface area (Å²) in [4.78, 5) is 37.9. The molecule has 0 aliphatic carbocycles. The molecule has 0 bridgehead atoms. The highest BCUT2D eigenvalue weighted by Crippen LogP contribution is 2.33. The van der Waals surface area contributed by atoms with Gasteiger partial charge in [0.1, 0.15) is 5.57 Å². The third-order valence-electron chi connectivity index (χ3n) is 3.70. The number of phenolic OH excluding ortho intramolecular Hbond substituents is 1. The van der Waals surface area contributed by atoms with Gasteiger partial charge >= 0.3 is 6.03 Å². The van der Waals surface area contributed by atoms with Gasteiger partial charge in [-0.1, -0.05) is 18.2 Å². The highest BCUT2D eigenvalue weighted by Gasteiger charge is 2.36. The number of hydrogen-bond donors (Lipinski definition) is 2. The first-order valence-corrected chi connectivity index (χ1v) is 8.53. The quantitative estimate of drug-likeness (QED) is 0.414. The topological polar surface area (TPSA) is 95.9 Å². The average molecular weight is 464 g/mol. The third-order valence-corrected chi connectivity index (χ3v) is 4.52. The van der Waals surface area contributed by atoms with E-state index in [1.165, 1.54) is 19.3 Å². The van der Waals surface area contributed by atoms with Crippen molar-refractivity contribution in [3.8, 4) is 11.5 Å². The molecular weight excluding hydrogens is 451 g/mol. The number of carbonyl (C=O) groups excluding carboxylic acids is 3. The van der Waals surface area contributed by atoms with Gasteiger partial charge in [0.15, 0.2) is 11.5 Å². The molecule has 0 spiro atoms. The monoisotopic (exact) mass is 464 g/mol. The molecule has 2 aromatic rings. The second kappa shape index (κ2) is 7.16. The fourth-order valence-electron chi connectivity index (χ4n) is 2.47. The molecular formula is C18H13IN2O5. The number of halogens is 1. The number of ether oxygens (including phenoxy) is 1. The van der Waals surface area contributed by atoms with Crippen LogP contribution in [0.1, 0.15) is 5.56 Å². The Morgan fingerprint density at radius 1 is 1.15 bits per heavy atom. The van der Waals surface area contributed by atoms with Crippen LogP contribution in [0.5, 0.6) is 11.5 Å². The Balaban J connectivity index is 2.05. The van der Waals surface area contributed by atoms with E-state index < -0.39 is 17.8 Å². The van der Waals surface area contributed by atoms with Crippen molar-refractivity contribution in [1.82, 2.24) is 5.32 Å². The first kappa shape index (κ1) is 17.9. The minimum absolute atomic E-state index is 0.0317. The van der Waals surface area contributed by atoms with Crippen molar-refractivity contribution < 1.29 is 24.2 Å². The number of carbonyl (C=O) groups is 3. The van der Waals surface area contributed by atoms with Gasteiger partial charge in [0, 0.05) is 0 Å². The van der Waals surface area contributed by atoms with E-state index >= 15 is 0 Å². The molecule has 1 aliphatic rings. The van der Waals surface area contributed by atoms with Crippen molar-refractivity contribution in [3.05, 3.63) is 57.2 Å². The number of nitrogens with zero attached hydrogens (tertiary/aromatic N) is 1. The second-order valence-electron chi connectivity index (χ2n) is 5.35. The van der Waals surface area contributed by atoms with E-state index in [0.717, 1.165) is 4.90 Å². The number of benzene rings is 2. The van der Waals surface area contributed by atoms with Crippen LogP contribution in [-0.4, -0.2) is 30.1 Å². The van der Waals surface area contributed by atoms with Crippen LogP contribution < -0.4 is 15.0 Å². The van der Waals surface area contributed by atoms with Crippen molar-refractivity contribution in [2.45, 2.75) is 0 Å². The van der Waals surface area contributed by atoms with Crippen molar-refractivity contribution in [3.63, 3.8) is 0 Å². The van der Waals surface area contributed by atoms with Gasteiger partial charge in [0.05, 0.1) is 16.4 Å². The first-order chi connectivity index (χ1) is 12.4. The standard InChI is InChI=1S/C18H13IN2O5/c1-26-14-9-10(8-13(19)15(14)22)7-12-16(23)20-18(25)21(17(12)24)11-5-3-2-4-6-11/h2-9,22H,1H3,(H,20,23,25)/b12-7-. The molecule has 1 fully saturated rings. The summed E-state index contributed by atoms with van der Waals surface area (Å²) in [6, 6.07) is 10.6. The molecule has 26 heavy (non-hydrogen) atoms. The van der Waals surface area contributed by atoms with Gasteiger partial charge in [-0.2, -0.15) is 0 Å². The Morgan fingerprint density at radius 3 is 2.50 bits per heavy atom. The Morgan fingerprint density at radius 2 is 1.85 bits per heavy atom. The van der Waals surface area contributed by atoms with Crippen molar-refractivity contribution >= 4 is 52.2 Å². The highest BCUT2D eigenvalue weighted by molar-refractivity contribution is 14.1. The summed E-state index contributed by atoms with van der Waals surface area (Å²) in [7, 11) is 1.40. The van der Waals surface area contributed by atoms with Crippen LogP contribution in [-0.2, 0) is 9.59 Å². The maximum Gasteiger partial charge on any atom is 0.335 e. The Kier molecular flexibility index (Phi) is 4.94. The van der Waals surface area contributed by atoms with Crippen molar-refractivity contribution in [2.24, 2.45) is 0 Å². The molecule has 0 saturated carbocycles. The van der Waals surface area contributed by atoms with Crippen molar-refractivity contribution in [2.75, 3.05) is 12.0 Å². The van der Waals surface area contributed by atoms with Crippen LogP contribution in [0, 0.1) is 3.57 Å². The highest BCUT2D eigenvalue weighted by atomic mass is 127. The summed E-state index contributed by atoms with van der Waals surface area (Å²) in [5.74, 6) is -1.33. The molecule has 1 saturated heterocycles. The molecule has 8 heteroatoms. The van der Waals surface area contributed by atoms with Gasteiger partial charge in [0.2, 0.25) is 0 Å². The van der Waals surface area contributed by atoms with E-state index in [1.54, 1.807) is 36.4 Å². The van der Waals surface area contributed by atoms with Gasteiger partial charge in [-0.15, -0.1) is 0 Å². The maximum atomic E-state index is 12.8. The average Bonchev–Trinajstić information content (AvgIpc) is 2.62. The normalized spacial score (nSPS) is 16.0. The fourth-order valence-corrected chi connectivity index (χ4v) is 3.09. The summed E-state index contributed by atoms with van der Waals surface area (Å²) in [6.45, 7) is 0. The number of phenols is 1. The summed E-state index contributed by atoms with van der Waals surface area (Å²) in [5.41, 5.74) is 0.633. The van der Waals surface area contributed by atoms with Crippen LogP contribution in [0.25, 0.3) is 6.08 Å². The molecule has 0 aromatic heterocycles. The van der Waals surface area contributed by atoms with Gasteiger partial charge in [-0.05, 0) is 58.5 Å². The minimum atomic E-state index is -0.804. The molecule has 2 aromatic carbocycles. The SMILES string of the molecule is COc1cc(/C=C2/C(=O)NC(=O)N(c3ccccc3)C2=O)cc(I)c1O. The van der Waals surface area contributed by atoms with Gasteiger partial charge in [-0.25, -0.2) is 9.69 Å². The number of barbiturate groups is 1. The third kappa shape index (κ3) is 3.27. The van der Waals surface area contributed by atoms with E-state index in [4.69, 9.17) is 4.74 Å². The lowest BCUT2D eigenvalue weighted by atomic mass is 10.1. The van der Waals surface area contributed by atoms with Gasteiger partial charge in [0.25, 0.3) is 11.8 Å². The summed E-state index contributed by atoms with van der Waals surface area (Å²) < 4.78 is 5.58. The zero-order valence-electron chi connectivity index (χ0n) is 13.5. The van der Waals surface area contributed by atoms with E-state index in [0.29, 0.717) is 14.8 Å². The molecule has 1 aliphatic heterocycles. The van der Waals surface area contributed by atoms with E-state index in [9.17, 15) is 19.5 Å².